The number of rotatable bonds is 5. The largest absolute Gasteiger partial charge is 0.495 e. The summed E-state index contributed by atoms with van der Waals surface area (Å²) < 4.78 is 5.08. The first kappa shape index (κ1) is 11.6. The maximum Gasteiger partial charge on any atom is 0.137 e. The van der Waals surface area contributed by atoms with E-state index < -0.39 is 0 Å². The van der Waals surface area contributed by atoms with Crippen molar-refractivity contribution in [2.45, 2.75) is 12.8 Å². The summed E-state index contributed by atoms with van der Waals surface area (Å²) in [7, 11) is 1.60. The van der Waals surface area contributed by atoms with E-state index in [1.165, 1.54) is 0 Å². The second kappa shape index (κ2) is 4.52. The third-order valence-corrected chi connectivity index (χ3v) is 3.41. The number of halogens is 1. The van der Waals surface area contributed by atoms with Crippen LogP contribution in [-0.2, 0) is 0 Å². The maximum atomic E-state index is 9.19. The van der Waals surface area contributed by atoms with Crippen molar-refractivity contribution in [2.24, 2.45) is 5.41 Å². The van der Waals surface area contributed by atoms with Crippen molar-refractivity contribution >= 4 is 17.3 Å². The van der Waals surface area contributed by atoms with Gasteiger partial charge in [-0.15, -0.1) is 0 Å². The van der Waals surface area contributed by atoms with Crippen molar-refractivity contribution < 1.29 is 9.84 Å². The monoisotopic (exact) mass is 241 g/mol. The summed E-state index contributed by atoms with van der Waals surface area (Å²) >= 11 is 6.01. The minimum atomic E-state index is 0.104. The van der Waals surface area contributed by atoms with Crippen LogP contribution < -0.4 is 10.1 Å². The number of anilines is 1. The Labute approximate surface area is 100 Å². The highest BCUT2D eigenvalue weighted by molar-refractivity contribution is 6.32. The third-order valence-electron chi connectivity index (χ3n) is 3.11. The van der Waals surface area contributed by atoms with Crippen molar-refractivity contribution in [3.63, 3.8) is 0 Å². The van der Waals surface area contributed by atoms with Gasteiger partial charge in [-0.25, -0.2) is 0 Å². The average molecular weight is 242 g/mol. The van der Waals surface area contributed by atoms with Crippen LogP contribution in [0.15, 0.2) is 18.2 Å². The van der Waals surface area contributed by atoms with Gasteiger partial charge in [0.05, 0.1) is 18.7 Å². The van der Waals surface area contributed by atoms with Gasteiger partial charge in [0.25, 0.3) is 0 Å². The van der Waals surface area contributed by atoms with Crippen molar-refractivity contribution in [3.05, 3.63) is 23.2 Å². The number of nitrogens with one attached hydrogen (secondary N) is 1. The van der Waals surface area contributed by atoms with Gasteiger partial charge in [0.15, 0.2) is 0 Å². The summed E-state index contributed by atoms with van der Waals surface area (Å²) in [5.74, 6) is 0.676. The van der Waals surface area contributed by atoms with Crippen LogP contribution >= 0.6 is 11.6 Å². The van der Waals surface area contributed by atoms with E-state index in [9.17, 15) is 5.11 Å². The molecule has 0 atom stereocenters. The fourth-order valence-electron chi connectivity index (χ4n) is 1.63. The molecule has 0 amide bonds. The summed E-state index contributed by atoms with van der Waals surface area (Å²) in [4.78, 5) is 0. The molecule has 1 fully saturated rings. The standard InChI is InChI=1S/C12H16ClNO2/c1-16-11-3-2-9(6-10(11)13)14-7-12(8-15)4-5-12/h2-3,6,14-15H,4-5,7-8H2,1H3. The van der Waals surface area contributed by atoms with E-state index in [-0.39, 0.29) is 12.0 Å². The molecule has 0 heterocycles. The van der Waals surface area contributed by atoms with Gasteiger partial charge in [-0.1, -0.05) is 11.6 Å². The normalized spacial score (nSPS) is 16.9. The summed E-state index contributed by atoms with van der Waals surface area (Å²) in [6.07, 6.45) is 2.20. The highest BCUT2D eigenvalue weighted by Crippen LogP contribution is 2.45. The molecule has 2 N–H and O–H groups in total. The Hall–Kier alpha value is -0.930. The number of aliphatic hydroxyl groups excluding tert-OH is 1. The Bertz CT molecular complexity index is 377. The van der Waals surface area contributed by atoms with Crippen molar-refractivity contribution in [1.29, 1.82) is 0 Å². The van der Waals surface area contributed by atoms with Crippen LogP contribution in [0.1, 0.15) is 12.8 Å². The minimum Gasteiger partial charge on any atom is -0.495 e. The molecule has 2 rings (SSSR count). The minimum absolute atomic E-state index is 0.104. The smallest absolute Gasteiger partial charge is 0.137 e. The first-order valence-electron chi connectivity index (χ1n) is 5.37. The van der Waals surface area contributed by atoms with Gasteiger partial charge in [0.1, 0.15) is 5.75 Å². The highest BCUT2D eigenvalue weighted by Gasteiger charge is 2.41. The van der Waals surface area contributed by atoms with Crippen LogP contribution in [0.25, 0.3) is 0 Å². The van der Waals surface area contributed by atoms with Crippen LogP contribution in [0, 0.1) is 5.41 Å². The van der Waals surface area contributed by atoms with Gasteiger partial charge in [-0.05, 0) is 31.0 Å². The molecule has 1 aliphatic carbocycles. The van der Waals surface area contributed by atoms with Crippen molar-refractivity contribution in [1.82, 2.24) is 0 Å². The Morgan fingerprint density at radius 1 is 1.50 bits per heavy atom. The first-order chi connectivity index (χ1) is 7.69. The zero-order chi connectivity index (χ0) is 11.6. The Morgan fingerprint density at radius 3 is 2.75 bits per heavy atom. The zero-order valence-corrected chi connectivity index (χ0v) is 10.0. The molecule has 0 spiro atoms. The van der Waals surface area contributed by atoms with Gasteiger partial charge in [-0.2, -0.15) is 0 Å². The molecule has 88 valence electrons. The SMILES string of the molecule is COc1ccc(NCC2(CO)CC2)cc1Cl. The summed E-state index contributed by atoms with van der Waals surface area (Å²) in [5.41, 5.74) is 1.07. The molecule has 1 saturated carbocycles. The van der Waals surface area contributed by atoms with Crippen LogP contribution in [0.2, 0.25) is 5.02 Å². The van der Waals surface area contributed by atoms with E-state index in [2.05, 4.69) is 5.32 Å². The van der Waals surface area contributed by atoms with Crippen LogP contribution in [0.3, 0.4) is 0 Å². The van der Waals surface area contributed by atoms with Crippen LogP contribution in [0.5, 0.6) is 5.75 Å². The third kappa shape index (κ3) is 2.42. The van der Waals surface area contributed by atoms with Crippen molar-refractivity contribution in [3.8, 4) is 5.75 Å². The fraction of sp³-hybridized carbons (Fsp3) is 0.500. The predicted molar refractivity (Wildman–Crippen MR) is 65.2 cm³/mol. The number of hydrogen-bond acceptors (Lipinski definition) is 3. The molecular weight excluding hydrogens is 226 g/mol. The second-order valence-corrected chi connectivity index (χ2v) is 4.77. The number of aliphatic hydroxyl groups is 1. The molecule has 0 bridgehead atoms. The summed E-state index contributed by atoms with van der Waals surface area (Å²) in [5, 5.41) is 13.1. The van der Waals surface area contributed by atoms with Gasteiger partial charge in [0, 0.05) is 17.6 Å². The van der Waals surface area contributed by atoms with E-state index in [1.54, 1.807) is 7.11 Å². The highest BCUT2D eigenvalue weighted by atomic mass is 35.5. The van der Waals surface area contributed by atoms with E-state index >= 15 is 0 Å². The molecule has 4 heteroatoms. The quantitative estimate of drug-likeness (QED) is 0.833. The molecule has 0 unspecified atom stereocenters. The molecular formula is C12H16ClNO2. The van der Waals surface area contributed by atoms with E-state index in [0.717, 1.165) is 25.1 Å². The molecule has 1 aliphatic rings. The molecule has 1 aromatic carbocycles. The first-order valence-corrected chi connectivity index (χ1v) is 5.75. The molecule has 0 saturated heterocycles. The zero-order valence-electron chi connectivity index (χ0n) is 9.29. The Kier molecular flexibility index (Phi) is 3.26. The van der Waals surface area contributed by atoms with Gasteiger partial charge in [-0.3, -0.25) is 0 Å². The second-order valence-electron chi connectivity index (χ2n) is 4.36. The summed E-state index contributed by atoms with van der Waals surface area (Å²) in [6.45, 7) is 1.05. The van der Waals surface area contributed by atoms with Crippen LogP contribution in [-0.4, -0.2) is 25.4 Å². The molecule has 1 aromatic rings. The van der Waals surface area contributed by atoms with E-state index in [4.69, 9.17) is 16.3 Å². The van der Waals surface area contributed by atoms with Gasteiger partial charge < -0.3 is 15.2 Å². The summed E-state index contributed by atoms with van der Waals surface area (Å²) in [6, 6.07) is 5.61. The lowest BCUT2D eigenvalue weighted by molar-refractivity contribution is 0.220. The van der Waals surface area contributed by atoms with Gasteiger partial charge in [0.2, 0.25) is 0 Å². The van der Waals surface area contributed by atoms with Gasteiger partial charge >= 0.3 is 0 Å². The Balaban J connectivity index is 1.97. The average Bonchev–Trinajstić information content (AvgIpc) is 3.07. The maximum absolute atomic E-state index is 9.19. The lowest BCUT2D eigenvalue weighted by Crippen LogP contribution is -2.18. The fourth-order valence-corrected chi connectivity index (χ4v) is 1.89. The lowest BCUT2D eigenvalue weighted by atomic mass is 10.1. The molecule has 0 aliphatic heterocycles. The number of hydrogen-bond donors (Lipinski definition) is 2. The molecule has 0 aromatic heterocycles. The lowest BCUT2D eigenvalue weighted by Gasteiger charge is -2.14. The molecule has 3 nitrogen and oxygen atoms in total. The van der Waals surface area contributed by atoms with E-state index in [1.807, 2.05) is 18.2 Å². The topological polar surface area (TPSA) is 41.5 Å². The number of ether oxygens (including phenoxy) is 1. The van der Waals surface area contributed by atoms with E-state index in [0.29, 0.717) is 10.8 Å². The molecule has 0 radical (unpaired) electrons. The number of benzene rings is 1. The Morgan fingerprint density at radius 2 is 2.25 bits per heavy atom. The number of methoxy groups -OCH3 is 1. The van der Waals surface area contributed by atoms with Crippen LogP contribution in [0.4, 0.5) is 5.69 Å². The predicted octanol–water partition coefficient (Wildman–Crippen LogP) is 2.53. The van der Waals surface area contributed by atoms with Crippen molar-refractivity contribution in [2.75, 3.05) is 25.6 Å². The molecule has 16 heavy (non-hydrogen) atoms.